The van der Waals surface area contributed by atoms with Gasteiger partial charge in [-0.25, -0.2) is 9.97 Å². The Morgan fingerprint density at radius 1 is 1.25 bits per heavy atom. The fourth-order valence-electron chi connectivity index (χ4n) is 1.09. The number of halogens is 1. The van der Waals surface area contributed by atoms with Gasteiger partial charge >= 0.3 is 0 Å². The van der Waals surface area contributed by atoms with Crippen molar-refractivity contribution in [2.75, 3.05) is 0 Å². The summed E-state index contributed by atoms with van der Waals surface area (Å²) in [6.07, 6.45) is 3.06. The highest BCUT2D eigenvalue weighted by molar-refractivity contribution is 6.30. The molecule has 0 saturated carbocycles. The van der Waals surface area contributed by atoms with Gasteiger partial charge in [0, 0.05) is 18.5 Å². The van der Waals surface area contributed by atoms with E-state index >= 15 is 0 Å². The first-order valence-electron chi connectivity index (χ1n) is 4.44. The number of nitriles is 1. The van der Waals surface area contributed by atoms with E-state index in [0.717, 1.165) is 0 Å². The van der Waals surface area contributed by atoms with Gasteiger partial charge in [0.1, 0.15) is 0 Å². The van der Waals surface area contributed by atoms with Crippen molar-refractivity contribution in [3.05, 3.63) is 47.4 Å². The maximum absolute atomic E-state index is 8.71. The normalized spacial score (nSPS) is 9.50. The molecule has 0 fully saturated rings. The van der Waals surface area contributed by atoms with Crippen LogP contribution in [0.4, 0.5) is 0 Å². The first-order valence-corrected chi connectivity index (χ1v) is 4.82. The number of hydrogen-bond acceptors (Lipinski definition) is 4. The first kappa shape index (κ1) is 10.4. The van der Waals surface area contributed by atoms with E-state index in [4.69, 9.17) is 21.6 Å². The summed E-state index contributed by atoms with van der Waals surface area (Å²) in [6, 6.07) is 8.51. The average molecular weight is 232 g/mol. The molecule has 0 aliphatic carbocycles. The number of nitrogens with zero attached hydrogens (tertiary/aromatic N) is 3. The fraction of sp³-hybridized carbons (Fsp3) is 0. The third-order valence-electron chi connectivity index (χ3n) is 1.80. The van der Waals surface area contributed by atoms with Crippen LogP contribution in [0.25, 0.3) is 0 Å². The molecule has 0 radical (unpaired) electrons. The van der Waals surface area contributed by atoms with Gasteiger partial charge in [-0.2, -0.15) is 5.26 Å². The topological polar surface area (TPSA) is 58.8 Å². The van der Waals surface area contributed by atoms with Crippen LogP contribution in [-0.4, -0.2) is 9.97 Å². The highest BCUT2D eigenvalue weighted by Crippen LogP contribution is 2.25. The molecule has 0 amide bonds. The van der Waals surface area contributed by atoms with Gasteiger partial charge in [0.25, 0.3) is 0 Å². The van der Waals surface area contributed by atoms with Crippen LogP contribution < -0.4 is 4.74 Å². The van der Waals surface area contributed by atoms with Crippen LogP contribution in [0.1, 0.15) is 5.56 Å². The molecule has 0 aliphatic heterocycles. The Kier molecular flexibility index (Phi) is 2.99. The quantitative estimate of drug-likeness (QED) is 0.746. The number of rotatable bonds is 2. The lowest BCUT2D eigenvalue weighted by atomic mass is 10.3. The molecule has 2 rings (SSSR count). The summed E-state index contributed by atoms with van der Waals surface area (Å²) in [7, 11) is 0. The second-order valence-corrected chi connectivity index (χ2v) is 3.25. The largest absolute Gasteiger partial charge is 0.436 e. The molecule has 0 spiro atoms. The highest BCUT2D eigenvalue weighted by atomic mass is 35.5. The zero-order chi connectivity index (χ0) is 11.4. The zero-order valence-corrected chi connectivity index (χ0v) is 8.85. The Morgan fingerprint density at radius 3 is 2.88 bits per heavy atom. The van der Waals surface area contributed by atoms with Crippen molar-refractivity contribution < 1.29 is 4.74 Å². The molecule has 2 aromatic heterocycles. The number of aromatic nitrogens is 2. The Morgan fingerprint density at radius 2 is 2.12 bits per heavy atom. The van der Waals surface area contributed by atoms with Crippen molar-refractivity contribution >= 4 is 11.6 Å². The molecule has 0 aromatic carbocycles. The standard InChI is InChI=1S/C11H6ClN3O/c12-11-9(2-1-4-15-11)16-10-6-8(7-13)3-5-14-10/h1-6H. The second kappa shape index (κ2) is 4.60. The van der Waals surface area contributed by atoms with E-state index in [1.165, 1.54) is 12.3 Å². The van der Waals surface area contributed by atoms with Gasteiger partial charge in [0.05, 0.1) is 11.6 Å². The molecule has 0 saturated heterocycles. The van der Waals surface area contributed by atoms with Gasteiger partial charge < -0.3 is 4.74 Å². The molecule has 78 valence electrons. The molecule has 0 N–H and O–H groups in total. The number of ether oxygens (including phenoxy) is 1. The fourth-order valence-corrected chi connectivity index (χ4v) is 1.25. The van der Waals surface area contributed by atoms with Crippen LogP contribution in [0.3, 0.4) is 0 Å². The minimum Gasteiger partial charge on any atom is -0.436 e. The van der Waals surface area contributed by atoms with E-state index in [1.54, 1.807) is 24.4 Å². The van der Waals surface area contributed by atoms with E-state index in [1.807, 2.05) is 6.07 Å². The Hall–Kier alpha value is -2.12. The van der Waals surface area contributed by atoms with Crippen molar-refractivity contribution in [1.82, 2.24) is 9.97 Å². The van der Waals surface area contributed by atoms with Crippen LogP contribution in [0.15, 0.2) is 36.7 Å². The predicted molar refractivity (Wildman–Crippen MR) is 58.3 cm³/mol. The average Bonchev–Trinajstić information content (AvgIpc) is 2.32. The molecular formula is C11H6ClN3O. The van der Waals surface area contributed by atoms with E-state index in [9.17, 15) is 0 Å². The Balaban J connectivity index is 2.28. The van der Waals surface area contributed by atoms with Crippen LogP contribution in [0.2, 0.25) is 5.15 Å². The van der Waals surface area contributed by atoms with Crippen molar-refractivity contribution in [1.29, 1.82) is 5.26 Å². The summed E-state index contributed by atoms with van der Waals surface area (Å²) in [6.45, 7) is 0. The Labute approximate surface area is 97.1 Å². The second-order valence-electron chi connectivity index (χ2n) is 2.89. The van der Waals surface area contributed by atoms with Gasteiger partial charge in [0.15, 0.2) is 10.9 Å². The summed E-state index contributed by atoms with van der Waals surface area (Å²) < 4.78 is 5.39. The summed E-state index contributed by atoms with van der Waals surface area (Å²) in [5.41, 5.74) is 0.477. The lowest BCUT2D eigenvalue weighted by molar-refractivity contribution is 0.461. The van der Waals surface area contributed by atoms with Gasteiger partial charge in [0.2, 0.25) is 5.88 Å². The van der Waals surface area contributed by atoms with Crippen molar-refractivity contribution in [3.8, 4) is 17.7 Å². The third-order valence-corrected chi connectivity index (χ3v) is 2.09. The molecule has 0 unspecified atom stereocenters. The third kappa shape index (κ3) is 2.27. The summed E-state index contributed by atoms with van der Waals surface area (Å²) in [5, 5.41) is 8.97. The monoisotopic (exact) mass is 231 g/mol. The van der Waals surface area contributed by atoms with Gasteiger partial charge in [-0.3, -0.25) is 0 Å². The Bertz CT molecular complexity index is 551. The molecule has 0 aliphatic rings. The maximum atomic E-state index is 8.71. The molecule has 5 heteroatoms. The van der Waals surface area contributed by atoms with Crippen LogP contribution >= 0.6 is 11.6 Å². The predicted octanol–water partition coefficient (Wildman–Crippen LogP) is 2.79. The lowest BCUT2D eigenvalue weighted by Gasteiger charge is -2.04. The van der Waals surface area contributed by atoms with Crippen molar-refractivity contribution in [2.45, 2.75) is 0 Å². The van der Waals surface area contributed by atoms with Crippen LogP contribution in [0, 0.1) is 11.3 Å². The van der Waals surface area contributed by atoms with E-state index in [0.29, 0.717) is 17.2 Å². The molecule has 0 bridgehead atoms. The summed E-state index contributed by atoms with van der Waals surface area (Å²) in [4.78, 5) is 7.83. The summed E-state index contributed by atoms with van der Waals surface area (Å²) >= 11 is 5.82. The van der Waals surface area contributed by atoms with Crippen molar-refractivity contribution in [3.63, 3.8) is 0 Å². The highest BCUT2D eigenvalue weighted by Gasteiger charge is 2.04. The minimum absolute atomic E-state index is 0.256. The smallest absolute Gasteiger partial charge is 0.220 e. The number of pyridine rings is 2. The SMILES string of the molecule is N#Cc1ccnc(Oc2cccnc2Cl)c1. The van der Waals surface area contributed by atoms with Crippen LogP contribution in [0.5, 0.6) is 11.6 Å². The lowest BCUT2D eigenvalue weighted by Crippen LogP contribution is -1.90. The van der Waals surface area contributed by atoms with E-state index < -0.39 is 0 Å². The molecule has 2 aromatic rings. The molecule has 0 atom stereocenters. The van der Waals surface area contributed by atoms with Crippen LogP contribution in [-0.2, 0) is 0 Å². The maximum Gasteiger partial charge on any atom is 0.220 e. The van der Waals surface area contributed by atoms with Gasteiger partial charge in [-0.05, 0) is 18.2 Å². The molecule has 2 heterocycles. The van der Waals surface area contributed by atoms with Crippen molar-refractivity contribution in [2.24, 2.45) is 0 Å². The molecule has 16 heavy (non-hydrogen) atoms. The van der Waals surface area contributed by atoms with E-state index in [2.05, 4.69) is 9.97 Å². The minimum atomic E-state index is 0.256. The first-order chi connectivity index (χ1) is 7.79. The van der Waals surface area contributed by atoms with Gasteiger partial charge in [-0.15, -0.1) is 0 Å². The molecule has 4 nitrogen and oxygen atoms in total. The van der Waals surface area contributed by atoms with E-state index in [-0.39, 0.29) is 5.15 Å². The zero-order valence-electron chi connectivity index (χ0n) is 8.09. The molecular weight excluding hydrogens is 226 g/mol. The van der Waals surface area contributed by atoms with Gasteiger partial charge in [-0.1, -0.05) is 11.6 Å². The summed E-state index contributed by atoms with van der Waals surface area (Å²) in [5.74, 6) is 0.723. The number of hydrogen-bond donors (Lipinski definition) is 0.